The van der Waals surface area contributed by atoms with E-state index in [1.165, 1.54) is 0 Å². The van der Waals surface area contributed by atoms with Crippen LogP contribution >= 0.6 is 0 Å². The second kappa shape index (κ2) is 20.5. The number of hydrogen-bond donors (Lipinski definition) is 2. The minimum absolute atomic E-state index is 0.0694. The number of rotatable bonds is 20. The Kier molecular flexibility index (Phi) is 19.3. The number of esters is 1. The maximum atomic E-state index is 12.3. The average Bonchev–Trinajstić information content (AvgIpc) is 2.73. The van der Waals surface area contributed by atoms with Gasteiger partial charge in [0.2, 0.25) is 11.8 Å². The Morgan fingerprint density at radius 1 is 0.900 bits per heavy atom. The summed E-state index contributed by atoms with van der Waals surface area (Å²) in [6.45, 7) is 6.30. The molecule has 0 aromatic heterocycles. The van der Waals surface area contributed by atoms with Crippen LogP contribution in [0.3, 0.4) is 0 Å². The third-order valence-electron chi connectivity index (χ3n) is 4.04. The third-order valence-corrected chi connectivity index (χ3v) is 4.04. The molecule has 0 spiro atoms. The zero-order valence-corrected chi connectivity index (χ0v) is 18.5. The van der Waals surface area contributed by atoms with E-state index >= 15 is 0 Å². The fraction of sp³-hybridized carbons (Fsp3) is 0.850. The van der Waals surface area contributed by atoms with Crippen molar-refractivity contribution >= 4 is 17.8 Å². The number of ether oxygens (including phenoxy) is 4. The van der Waals surface area contributed by atoms with Crippen LogP contribution in [0.5, 0.6) is 0 Å². The number of amides is 2. The molecule has 3 N–H and O–H groups in total. The molecule has 0 saturated carbocycles. The van der Waals surface area contributed by atoms with Crippen LogP contribution in [0, 0.1) is 0 Å². The maximum absolute atomic E-state index is 12.3. The van der Waals surface area contributed by atoms with E-state index in [1.54, 1.807) is 18.9 Å². The molecule has 10 nitrogen and oxygen atoms in total. The lowest BCUT2D eigenvalue weighted by Crippen LogP contribution is -2.36. The van der Waals surface area contributed by atoms with Crippen molar-refractivity contribution in [1.29, 1.82) is 0 Å². The van der Waals surface area contributed by atoms with E-state index in [4.69, 9.17) is 24.7 Å². The monoisotopic (exact) mass is 433 g/mol. The number of carbonyl (C=O) groups excluding carboxylic acids is 3. The van der Waals surface area contributed by atoms with E-state index in [0.717, 1.165) is 0 Å². The van der Waals surface area contributed by atoms with Gasteiger partial charge in [-0.25, -0.2) is 0 Å². The first-order valence-corrected chi connectivity index (χ1v) is 10.6. The number of methoxy groups -OCH3 is 1. The molecule has 0 radical (unpaired) electrons. The first-order valence-electron chi connectivity index (χ1n) is 10.6. The molecule has 0 atom stereocenters. The second-order valence-corrected chi connectivity index (χ2v) is 6.50. The molecular formula is C20H39N3O7. The molecule has 0 aliphatic carbocycles. The van der Waals surface area contributed by atoms with Crippen molar-refractivity contribution < 1.29 is 33.3 Å². The molecular weight excluding hydrogens is 394 g/mol. The number of hydrogen-bond acceptors (Lipinski definition) is 8. The minimum atomic E-state index is -0.374. The number of nitrogens with two attached hydrogens (primary N) is 1. The predicted octanol–water partition coefficient (Wildman–Crippen LogP) is 0.0831. The lowest BCUT2D eigenvalue weighted by molar-refractivity contribution is -0.145. The van der Waals surface area contributed by atoms with Gasteiger partial charge in [0.1, 0.15) is 0 Å². The van der Waals surface area contributed by atoms with Crippen molar-refractivity contribution in [2.24, 2.45) is 5.73 Å². The molecule has 0 bridgehead atoms. The van der Waals surface area contributed by atoms with Crippen LogP contribution in [0.4, 0.5) is 0 Å². The van der Waals surface area contributed by atoms with E-state index < -0.39 is 0 Å². The summed E-state index contributed by atoms with van der Waals surface area (Å²) in [5.41, 5.74) is 5.54. The van der Waals surface area contributed by atoms with Crippen LogP contribution in [0.25, 0.3) is 0 Å². The van der Waals surface area contributed by atoms with Gasteiger partial charge in [-0.3, -0.25) is 14.4 Å². The topological polar surface area (TPSA) is 129 Å². The van der Waals surface area contributed by atoms with E-state index in [-0.39, 0.29) is 37.0 Å². The lowest BCUT2D eigenvalue weighted by atomic mass is 10.2. The van der Waals surface area contributed by atoms with Crippen LogP contribution in [-0.4, -0.2) is 95.6 Å². The molecule has 0 aromatic carbocycles. The van der Waals surface area contributed by atoms with Gasteiger partial charge < -0.3 is 34.9 Å². The molecule has 10 heteroatoms. The summed E-state index contributed by atoms with van der Waals surface area (Å²) in [5.74, 6) is -0.581. The highest BCUT2D eigenvalue weighted by atomic mass is 16.5. The molecule has 0 aliphatic heterocycles. The molecule has 0 fully saturated rings. The van der Waals surface area contributed by atoms with E-state index in [9.17, 15) is 14.4 Å². The predicted molar refractivity (Wildman–Crippen MR) is 112 cm³/mol. The molecule has 30 heavy (non-hydrogen) atoms. The van der Waals surface area contributed by atoms with Crippen molar-refractivity contribution in [2.45, 2.75) is 39.0 Å². The molecule has 0 saturated heterocycles. The number of carbonyl (C=O) groups is 3. The van der Waals surface area contributed by atoms with Gasteiger partial charge in [-0.05, 0) is 26.3 Å². The summed E-state index contributed by atoms with van der Waals surface area (Å²) >= 11 is 0. The molecule has 0 rings (SSSR count). The van der Waals surface area contributed by atoms with E-state index in [0.29, 0.717) is 78.7 Å². The van der Waals surface area contributed by atoms with Crippen LogP contribution in [0.15, 0.2) is 0 Å². The zero-order chi connectivity index (χ0) is 22.5. The van der Waals surface area contributed by atoms with Crippen molar-refractivity contribution in [3.05, 3.63) is 0 Å². The van der Waals surface area contributed by atoms with Gasteiger partial charge in [0.05, 0.1) is 46.1 Å². The van der Waals surface area contributed by atoms with Crippen LogP contribution in [0.2, 0.25) is 0 Å². The summed E-state index contributed by atoms with van der Waals surface area (Å²) in [6, 6.07) is 0. The Bertz CT molecular complexity index is 464. The Morgan fingerprint density at radius 2 is 1.57 bits per heavy atom. The smallest absolute Gasteiger partial charge is 0.306 e. The van der Waals surface area contributed by atoms with Gasteiger partial charge in [-0.15, -0.1) is 0 Å². The van der Waals surface area contributed by atoms with Crippen molar-refractivity contribution in [1.82, 2.24) is 10.2 Å². The van der Waals surface area contributed by atoms with Crippen molar-refractivity contribution in [3.8, 4) is 0 Å². The Hall–Kier alpha value is -1.75. The van der Waals surface area contributed by atoms with Gasteiger partial charge in [-0.2, -0.15) is 0 Å². The van der Waals surface area contributed by atoms with Crippen LogP contribution in [0.1, 0.15) is 39.0 Å². The standard InChI is InChI=1S/C20H39N3O7/c1-3-30-20(26)7-6-19(25)23(11-4-9-21)12-5-10-22-18(24)8-13-28-16-17-29-15-14-27-2/h3-17,21H2,1-2H3,(H,22,24). The summed E-state index contributed by atoms with van der Waals surface area (Å²) in [6.07, 6.45) is 1.76. The van der Waals surface area contributed by atoms with Gasteiger partial charge in [-0.1, -0.05) is 0 Å². The van der Waals surface area contributed by atoms with Gasteiger partial charge in [0.15, 0.2) is 0 Å². The van der Waals surface area contributed by atoms with E-state index in [1.807, 2.05) is 0 Å². The number of nitrogens with one attached hydrogen (secondary N) is 1. The average molecular weight is 434 g/mol. The fourth-order valence-electron chi connectivity index (χ4n) is 2.46. The highest BCUT2D eigenvalue weighted by Crippen LogP contribution is 2.02. The van der Waals surface area contributed by atoms with Gasteiger partial charge >= 0.3 is 5.97 Å². The zero-order valence-electron chi connectivity index (χ0n) is 18.5. The Balaban J connectivity index is 3.91. The highest BCUT2D eigenvalue weighted by Gasteiger charge is 2.15. The summed E-state index contributed by atoms with van der Waals surface area (Å²) in [5, 5.41) is 2.82. The normalized spacial score (nSPS) is 10.6. The SMILES string of the molecule is CCOC(=O)CCC(=O)N(CCCN)CCCNC(=O)CCOCCOCCOC. The molecule has 0 unspecified atom stereocenters. The Labute approximate surface area is 179 Å². The second-order valence-electron chi connectivity index (χ2n) is 6.50. The quantitative estimate of drug-likeness (QED) is 0.204. The molecule has 176 valence electrons. The minimum Gasteiger partial charge on any atom is -0.466 e. The first-order chi connectivity index (χ1) is 14.5. The molecule has 2 amide bonds. The molecule has 0 aromatic rings. The fourth-order valence-corrected chi connectivity index (χ4v) is 2.46. The lowest BCUT2D eigenvalue weighted by Gasteiger charge is -2.22. The van der Waals surface area contributed by atoms with Gasteiger partial charge in [0, 0.05) is 39.6 Å². The summed E-state index contributed by atoms with van der Waals surface area (Å²) in [4.78, 5) is 37.3. The summed E-state index contributed by atoms with van der Waals surface area (Å²) < 4.78 is 20.3. The number of nitrogens with zero attached hydrogens (tertiary/aromatic N) is 1. The highest BCUT2D eigenvalue weighted by molar-refractivity contribution is 5.81. The maximum Gasteiger partial charge on any atom is 0.306 e. The van der Waals surface area contributed by atoms with Crippen molar-refractivity contribution in [3.63, 3.8) is 0 Å². The van der Waals surface area contributed by atoms with Crippen molar-refractivity contribution in [2.75, 3.05) is 72.9 Å². The van der Waals surface area contributed by atoms with E-state index in [2.05, 4.69) is 5.32 Å². The van der Waals surface area contributed by atoms with Crippen LogP contribution < -0.4 is 11.1 Å². The Morgan fingerprint density at radius 3 is 2.23 bits per heavy atom. The van der Waals surface area contributed by atoms with Crippen LogP contribution in [-0.2, 0) is 33.3 Å². The molecule has 0 heterocycles. The largest absolute Gasteiger partial charge is 0.466 e. The third kappa shape index (κ3) is 17.1. The summed E-state index contributed by atoms with van der Waals surface area (Å²) in [7, 11) is 1.61. The first kappa shape index (κ1) is 28.2. The molecule has 0 aliphatic rings. The van der Waals surface area contributed by atoms with Gasteiger partial charge in [0.25, 0.3) is 0 Å².